The number of allylic oxidation sites excluding steroid dienone is 2. The highest BCUT2D eigenvalue weighted by atomic mass is 14.1. The van der Waals surface area contributed by atoms with Gasteiger partial charge in [-0.25, -0.2) is 0 Å². The summed E-state index contributed by atoms with van der Waals surface area (Å²) < 4.78 is 0. The molecule has 0 heterocycles. The van der Waals surface area contributed by atoms with Crippen molar-refractivity contribution in [2.24, 2.45) is 11.8 Å². The van der Waals surface area contributed by atoms with Crippen molar-refractivity contribution < 1.29 is 0 Å². The van der Waals surface area contributed by atoms with Crippen molar-refractivity contribution in [1.29, 1.82) is 0 Å². The van der Waals surface area contributed by atoms with Gasteiger partial charge in [-0.1, -0.05) is 38.8 Å². The van der Waals surface area contributed by atoms with Gasteiger partial charge in [0.15, 0.2) is 0 Å². The second-order valence-electron chi connectivity index (χ2n) is 3.90. The van der Waals surface area contributed by atoms with Gasteiger partial charge in [-0.2, -0.15) is 0 Å². The van der Waals surface area contributed by atoms with E-state index in [0.717, 1.165) is 11.8 Å². The van der Waals surface area contributed by atoms with Crippen LogP contribution in [-0.4, -0.2) is 0 Å². The van der Waals surface area contributed by atoms with Crippen LogP contribution in [0.5, 0.6) is 0 Å². The molecule has 0 rings (SSSR count). The summed E-state index contributed by atoms with van der Waals surface area (Å²) in [6, 6.07) is 0. The summed E-state index contributed by atoms with van der Waals surface area (Å²) in [7, 11) is 0. The molecule has 0 spiro atoms. The van der Waals surface area contributed by atoms with Crippen molar-refractivity contribution in [3.05, 3.63) is 11.6 Å². The summed E-state index contributed by atoms with van der Waals surface area (Å²) in [4.78, 5) is 0. The zero-order valence-corrected chi connectivity index (χ0v) is 8.65. The molecule has 11 heavy (non-hydrogen) atoms. The van der Waals surface area contributed by atoms with Gasteiger partial charge in [-0.3, -0.25) is 0 Å². The van der Waals surface area contributed by atoms with E-state index in [2.05, 4.69) is 40.7 Å². The van der Waals surface area contributed by atoms with Gasteiger partial charge in [0.25, 0.3) is 0 Å². The van der Waals surface area contributed by atoms with Crippen LogP contribution in [0.3, 0.4) is 0 Å². The Morgan fingerprint density at radius 2 is 1.73 bits per heavy atom. The Balaban J connectivity index is 3.61. The molecule has 1 unspecified atom stereocenters. The van der Waals surface area contributed by atoms with Gasteiger partial charge in [0.2, 0.25) is 0 Å². The zero-order valence-electron chi connectivity index (χ0n) is 8.65. The van der Waals surface area contributed by atoms with Gasteiger partial charge >= 0.3 is 0 Å². The summed E-state index contributed by atoms with van der Waals surface area (Å²) >= 11 is 0. The number of rotatable bonds is 4. The normalized spacial score (nSPS) is 15.6. The van der Waals surface area contributed by atoms with E-state index in [1.807, 2.05) is 0 Å². The SMILES string of the molecule is CC=C(C)C(C)CCC(C)C. The Kier molecular flexibility index (Phi) is 5.27. The van der Waals surface area contributed by atoms with Crippen LogP contribution >= 0.6 is 0 Å². The van der Waals surface area contributed by atoms with E-state index in [0.29, 0.717) is 0 Å². The number of hydrogen-bond donors (Lipinski definition) is 0. The third-order valence-corrected chi connectivity index (χ3v) is 2.41. The fourth-order valence-corrected chi connectivity index (χ4v) is 1.10. The molecule has 0 aliphatic rings. The van der Waals surface area contributed by atoms with Crippen LogP contribution in [0.1, 0.15) is 47.5 Å². The van der Waals surface area contributed by atoms with E-state index in [1.54, 1.807) is 0 Å². The first-order valence-electron chi connectivity index (χ1n) is 4.70. The quantitative estimate of drug-likeness (QED) is 0.536. The fraction of sp³-hybridized carbons (Fsp3) is 0.818. The lowest BCUT2D eigenvalue weighted by Gasteiger charge is -2.12. The molecule has 0 aromatic heterocycles. The summed E-state index contributed by atoms with van der Waals surface area (Å²) in [5, 5.41) is 0. The van der Waals surface area contributed by atoms with Crippen LogP contribution in [0.15, 0.2) is 11.6 Å². The van der Waals surface area contributed by atoms with E-state index >= 15 is 0 Å². The fourth-order valence-electron chi connectivity index (χ4n) is 1.10. The lowest BCUT2D eigenvalue weighted by Crippen LogP contribution is -1.98. The van der Waals surface area contributed by atoms with Gasteiger partial charge in [-0.05, 0) is 32.1 Å². The molecule has 0 aromatic carbocycles. The second kappa shape index (κ2) is 5.40. The van der Waals surface area contributed by atoms with Gasteiger partial charge in [0.1, 0.15) is 0 Å². The molecule has 0 amide bonds. The molecule has 0 aromatic rings. The van der Waals surface area contributed by atoms with Crippen LogP contribution in [-0.2, 0) is 0 Å². The van der Waals surface area contributed by atoms with Crippen LogP contribution in [0.2, 0.25) is 0 Å². The van der Waals surface area contributed by atoms with E-state index in [1.165, 1.54) is 18.4 Å². The molecule has 0 saturated heterocycles. The van der Waals surface area contributed by atoms with E-state index in [4.69, 9.17) is 0 Å². The van der Waals surface area contributed by atoms with Crippen LogP contribution in [0, 0.1) is 11.8 Å². The topological polar surface area (TPSA) is 0 Å². The maximum atomic E-state index is 2.32. The lowest BCUT2D eigenvalue weighted by molar-refractivity contribution is 0.489. The minimum absolute atomic E-state index is 0.780. The highest BCUT2D eigenvalue weighted by Crippen LogP contribution is 2.18. The minimum Gasteiger partial charge on any atom is -0.0885 e. The lowest BCUT2D eigenvalue weighted by atomic mass is 9.94. The first kappa shape index (κ1) is 10.7. The second-order valence-corrected chi connectivity index (χ2v) is 3.90. The zero-order chi connectivity index (χ0) is 8.85. The van der Waals surface area contributed by atoms with Gasteiger partial charge < -0.3 is 0 Å². The van der Waals surface area contributed by atoms with E-state index in [9.17, 15) is 0 Å². The molecule has 0 aliphatic heterocycles. The minimum atomic E-state index is 0.780. The van der Waals surface area contributed by atoms with Crippen molar-refractivity contribution >= 4 is 0 Å². The Labute approximate surface area is 71.7 Å². The molecule has 1 atom stereocenters. The van der Waals surface area contributed by atoms with Gasteiger partial charge in [-0.15, -0.1) is 0 Å². The standard InChI is InChI=1S/C11H22/c1-6-10(4)11(5)8-7-9(2)3/h6,9,11H,7-8H2,1-5H3. The third kappa shape index (κ3) is 5.06. The first-order chi connectivity index (χ1) is 5.07. The molecule has 66 valence electrons. The van der Waals surface area contributed by atoms with Crippen LogP contribution in [0.25, 0.3) is 0 Å². The van der Waals surface area contributed by atoms with E-state index < -0.39 is 0 Å². The van der Waals surface area contributed by atoms with Crippen molar-refractivity contribution in [2.75, 3.05) is 0 Å². The monoisotopic (exact) mass is 154 g/mol. The Morgan fingerprint density at radius 1 is 1.18 bits per heavy atom. The molecule has 0 nitrogen and oxygen atoms in total. The maximum absolute atomic E-state index is 2.32. The molecule has 0 heteroatoms. The van der Waals surface area contributed by atoms with E-state index in [-0.39, 0.29) is 0 Å². The Bertz CT molecular complexity index is 120. The van der Waals surface area contributed by atoms with Crippen LogP contribution < -0.4 is 0 Å². The molecule has 0 N–H and O–H groups in total. The van der Waals surface area contributed by atoms with Crippen molar-refractivity contribution in [3.8, 4) is 0 Å². The summed E-state index contributed by atoms with van der Waals surface area (Å²) in [5.74, 6) is 1.63. The van der Waals surface area contributed by atoms with Crippen molar-refractivity contribution in [2.45, 2.75) is 47.5 Å². The van der Waals surface area contributed by atoms with Gasteiger partial charge in [0.05, 0.1) is 0 Å². The Morgan fingerprint density at radius 3 is 2.09 bits per heavy atom. The van der Waals surface area contributed by atoms with Crippen molar-refractivity contribution in [3.63, 3.8) is 0 Å². The number of hydrogen-bond acceptors (Lipinski definition) is 0. The van der Waals surface area contributed by atoms with Gasteiger partial charge in [0, 0.05) is 0 Å². The first-order valence-corrected chi connectivity index (χ1v) is 4.70. The highest BCUT2D eigenvalue weighted by molar-refractivity contribution is 4.99. The average Bonchev–Trinajstić information content (AvgIpc) is 1.98. The predicted molar refractivity (Wildman–Crippen MR) is 52.7 cm³/mol. The third-order valence-electron chi connectivity index (χ3n) is 2.41. The predicted octanol–water partition coefficient (Wildman–Crippen LogP) is 4.02. The summed E-state index contributed by atoms with van der Waals surface area (Å²) in [6.07, 6.45) is 4.92. The van der Waals surface area contributed by atoms with Crippen molar-refractivity contribution in [1.82, 2.24) is 0 Å². The summed E-state index contributed by atoms with van der Waals surface area (Å²) in [5.41, 5.74) is 1.53. The average molecular weight is 154 g/mol. The molecule has 0 fully saturated rings. The maximum Gasteiger partial charge on any atom is -0.0234 e. The largest absolute Gasteiger partial charge is 0.0885 e. The molecular weight excluding hydrogens is 132 g/mol. The molecular formula is C11H22. The highest BCUT2D eigenvalue weighted by Gasteiger charge is 2.03. The molecule has 0 aliphatic carbocycles. The Hall–Kier alpha value is -0.260. The molecule has 0 radical (unpaired) electrons. The summed E-state index contributed by atoms with van der Waals surface area (Å²) in [6.45, 7) is 11.2. The van der Waals surface area contributed by atoms with Crippen LogP contribution in [0.4, 0.5) is 0 Å². The molecule has 0 saturated carbocycles. The smallest absolute Gasteiger partial charge is 0.0234 e. The molecule has 0 bridgehead atoms.